The van der Waals surface area contributed by atoms with E-state index in [4.69, 9.17) is 5.84 Å². The van der Waals surface area contributed by atoms with Gasteiger partial charge in [-0.3, -0.25) is 15.1 Å². The summed E-state index contributed by atoms with van der Waals surface area (Å²) in [5.74, 6) is 4.91. The molecular formula is C11H17N3O2S. The molecule has 0 aromatic carbocycles. The molecule has 5 nitrogen and oxygen atoms in total. The van der Waals surface area contributed by atoms with E-state index >= 15 is 0 Å². The maximum atomic E-state index is 11.5. The lowest BCUT2D eigenvalue weighted by Gasteiger charge is -2.22. The summed E-state index contributed by atoms with van der Waals surface area (Å²) in [5, 5.41) is 11.1. The van der Waals surface area contributed by atoms with E-state index in [9.17, 15) is 9.90 Å². The third kappa shape index (κ3) is 2.66. The molecule has 2 heterocycles. The zero-order valence-corrected chi connectivity index (χ0v) is 10.4. The highest BCUT2D eigenvalue weighted by atomic mass is 32.1. The summed E-state index contributed by atoms with van der Waals surface area (Å²) in [4.78, 5) is 14.4. The first-order valence-corrected chi connectivity index (χ1v) is 6.56. The molecule has 1 atom stereocenters. The number of nitrogens with two attached hydrogens (primary N) is 1. The Morgan fingerprint density at radius 2 is 2.53 bits per heavy atom. The van der Waals surface area contributed by atoms with Gasteiger partial charge in [-0.15, -0.1) is 11.3 Å². The minimum Gasteiger partial charge on any atom is -0.395 e. The summed E-state index contributed by atoms with van der Waals surface area (Å²) in [6.07, 6.45) is 2.13. The van der Waals surface area contributed by atoms with Crippen molar-refractivity contribution in [3.8, 4) is 0 Å². The third-order valence-corrected chi connectivity index (χ3v) is 4.12. The second-order valence-corrected chi connectivity index (χ2v) is 5.11. The lowest BCUT2D eigenvalue weighted by Crippen LogP contribution is -2.33. The minimum atomic E-state index is -0.241. The van der Waals surface area contributed by atoms with Gasteiger partial charge in [0.1, 0.15) is 0 Å². The van der Waals surface area contributed by atoms with Gasteiger partial charge in [0.15, 0.2) is 0 Å². The summed E-state index contributed by atoms with van der Waals surface area (Å²) in [6, 6.07) is 2.17. The molecule has 94 valence electrons. The van der Waals surface area contributed by atoms with Crippen LogP contribution in [0.1, 0.15) is 28.1 Å². The molecule has 1 aliphatic rings. The van der Waals surface area contributed by atoms with Crippen LogP contribution in [0.2, 0.25) is 0 Å². The highest BCUT2D eigenvalue weighted by Crippen LogP contribution is 2.23. The molecule has 1 aromatic heterocycles. The van der Waals surface area contributed by atoms with E-state index in [2.05, 4.69) is 10.3 Å². The number of aliphatic hydroxyl groups excluding tert-OH is 1. The van der Waals surface area contributed by atoms with Crippen LogP contribution in [0.4, 0.5) is 0 Å². The highest BCUT2D eigenvalue weighted by Gasteiger charge is 2.25. The summed E-state index contributed by atoms with van der Waals surface area (Å²) < 4.78 is 0. The van der Waals surface area contributed by atoms with Gasteiger partial charge in [-0.2, -0.15) is 0 Å². The number of nitrogens with one attached hydrogen (secondary N) is 1. The van der Waals surface area contributed by atoms with E-state index in [1.54, 1.807) is 0 Å². The summed E-state index contributed by atoms with van der Waals surface area (Å²) in [5.41, 5.74) is 3.15. The van der Waals surface area contributed by atoms with E-state index < -0.39 is 0 Å². The van der Waals surface area contributed by atoms with Crippen molar-refractivity contribution in [1.82, 2.24) is 10.3 Å². The van der Waals surface area contributed by atoms with Crippen LogP contribution >= 0.6 is 11.3 Å². The fourth-order valence-corrected chi connectivity index (χ4v) is 3.07. The number of amides is 1. The van der Waals surface area contributed by atoms with Crippen molar-refractivity contribution in [2.75, 3.05) is 13.2 Å². The zero-order valence-electron chi connectivity index (χ0n) is 9.56. The average Bonchev–Trinajstić information content (AvgIpc) is 2.97. The fraction of sp³-hybridized carbons (Fsp3) is 0.545. The largest absolute Gasteiger partial charge is 0.395 e. The number of hydrazine groups is 1. The van der Waals surface area contributed by atoms with Gasteiger partial charge in [-0.1, -0.05) is 0 Å². The van der Waals surface area contributed by atoms with E-state index in [1.165, 1.54) is 11.3 Å². The van der Waals surface area contributed by atoms with E-state index in [1.807, 2.05) is 11.4 Å². The van der Waals surface area contributed by atoms with E-state index in [0.717, 1.165) is 24.9 Å². The van der Waals surface area contributed by atoms with Crippen LogP contribution in [0.3, 0.4) is 0 Å². The molecule has 1 fully saturated rings. The molecule has 6 heteroatoms. The second kappa shape index (κ2) is 5.59. The van der Waals surface area contributed by atoms with Crippen LogP contribution in [0.5, 0.6) is 0 Å². The molecule has 2 rings (SSSR count). The zero-order chi connectivity index (χ0) is 12.3. The molecule has 0 aliphatic carbocycles. The van der Waals surface area contributed by atoms with Gasteiger partial charge in [0.2, 0.25) is 0 Å². The number of carbonyl (C=O) groups excluding carboxylic acids is 1. The quantitative estimate of drug-likeness (QED) is 0.411. The first-order chi connectivity index (χ1) is 8.26. The predicted octanol–water partition coefficient (Wildman–Crippen LogP) is 0.308. The maximum Gasteiger partial charge on any atom is 0.275 e. The van der Waals surface area contributed by atoms with Gasteiger partial charge in [0, 0.05) is 12.6 Å². The molecule has 17 heavy (non-hydrogen) atoms. The molecule has 0 saturated carbocycles. The van der Waals surface area contributed by atoms with Crippen molar-refractivity contribution in [1.29, 1.82) is 0 Å². The third-order valence-electron chi connectivity index (χ3n) is 3.17. The van der Waals surface area contributed by atoms with E-state index in [-0.39, 0.29) is 18.6 Å². The minimum absolute atomic E-state index is 0.183. The highest BCUT2D eigenvalue weighted by molar-refractivity contribution is 7.12. The molecule has 0 bridgehead atoms. The van der Waals surface area contributed by atoms with Crippen molar-refractivity contribution in [2.45, 2.75) is 25.4 Å². The first kappa shape index (κ1) is 12.5. The number of carbonyl (C=O) groups is 1. The van der Waals surface area contributed by atoms with Gasteiger partial charge in [0.05, 0.1) is 11.5 Å². The van der Waals surface area contributed by atoms with Crippen LogP contribution in [0.15, 0.2) is 11.4 Å². The van der Waals surface area contributed by atoms with Crippen molar-refractivity contribution >= 4 is 17.2 Å². The number of aliphatic hydroxyl groups is 1. The summed E-state index contributed by atoms with van der Waals surface area (Å²) in [6.45, 7) is 1.87. The Morgan fingerprint density at radius 3 is 3.24 bits per heavy atom. The fourth-order valence-electron chi connectivity index (χ4n) is 2.25. The molecule has 1 aromatic rings. The molecule has 1 saturated heterocycles. The van der Waals surface area contributed by atoms with Gasteiger partial charge < -0.3 is 5.11 Å². The monoisotopic (exact) mass is 255 g/mol. The average molecular weight is 255 g/mol. The topological polar surface area (TPSA) is 78.6 Å². The molecule has 1 unspecified atom stereocenters. The van der Waals surface area contributed by atoms with Crippen LogP contribution in [-0.2, 0) is 6.54 Å². The Hall–Kier alpha value is -0.950. The molecule has 4 N–H and O–H groups in total. The number of hydrogen-bond donors (Lipinski definition) is 3. The maximum absolute atomic E-state index is 11.5. The van der Waals surface area contributed by atoms with Crippen molar-refractivity contribution < 1.29 is 9.90 Å². The predicted molar refractivity (Wildman–Crippen MR) is 66.5 cm³/mol. The smallest absolute Gasteiger partial charge is 0.275 e. The van der Waals surface area contributed by atoms with Crippen molar-refractivity contribution in [3.63, 3.8) is 0 Å². The second-order valence-electron chi connectivity index (χ2n) is 4.20. The van der Waals surface area contributed by atoms with Gasteiger partial charge in [0.25, 0.3) is 5.91 Å². The normalized spacial score (nSPS) is 20.7. The Bertz CT molecular complexity index is 394. The Labute approximate surface area is 104 Å². The molecular weight excluding hydrogens is 238 g/mol. The van der Waals surface area contributed by atoms with Gasteiger partial charge >= 0.3 is 0 Å². The van der Waals surface area contributed by atoms with Crippen molar-refractivity contribution in [3.05, 3.63) is 21.9 Å². The Morgan fingerprint density at radius 1 is 1.71 bits per heavy atom. The number of nitrogens with zero attached hydrogens (tertiary/aromatic N) is 1. The van der Waals surface area contributed by atoms with Gasteiger partial charge in [-0.25, -0.2) is 5.84 Å². The Kier molecular flexibility index (Phi) is 4.11. The van der Waals surface area contributed by atoms with Crippen LogP contribution < -0.4 is 11.3 Å². The van der Waals surface area contributed by atoms with Crippen molar-refractivity contribution in [2.24, 2.45) is 5.84 Å². The molecule has 0 radical (unpaired) electrons. The molecule has 1 amide bonds. The molecule has 0 spiro atoms. The van der Waals surface area contributed by atoms with E-state index in [0.29, 0.717) is 11.4 Å². The SMILES string of the molecule is NNC(=O)c1sccc1CN1CCCC1CO. The number of likely N-dealkylation sites (tertiary alicyclic amines) is 1. The molecule has 1 aliphatic heterocycles. The van der Waals surface area contributed by atoms with Gasteiger partial charge in [-0.05, 0) is 36.4 Å². The Balaban J connectivity index is 2.08. The van der Waals surface area contributed by atoms with Crippen LogP contribution in [0.25, 0.3) is 0 Å². The number of thiophene rings is 1. The number of rotatable bonds is 4. The number of hydrogen-bond acceptors (Lipinski definition) is 5. The van der Waals surface area contributed by atoms with Crippen LogP contribution in [-0.4, -0.2) is 35.1 Å². The lowest BCUT2D eigenvalue weighted by atomic mass is 10.2. The lowest BCUT2D eigenvalue weighted by molar-refractivity contribution is 0.0955. The number of nitrogen functional groups attached to an aromatic ring is 1. The van der Waals surface area contributed by atoms with Crippen LogP contribution in [0, 0.1) is 0 Å². The summed E-state index contributed by atoms with van der Waals surface area (Å²) >= 11 is 1.39. The first-order valence-electron chi connectivity index (χ1n) is 5.68. The summed E-state index contributed by atoms with van der Waals surface area (Å²) in [7, 11) is 0. The standard InChI is InChI=1S/C11H17N3O2S/c12-13-11(16)10-8(3-5-17-10)6-14-4-1-2-9(14)7-15/h3,5,9,15H,1-2,4,6-7,12H2,(H,13,16).